The molecule has 1 unspecified atom stereocenters. The van der Waals surface area contributed by atoms with Crippen molar-refractivity contribution in [3.05, 3.63) is 23.0 Å². The number of nitrogens with two attached hydrogens (primary N) is 1. The summed E-state index contributed by atoms with van der Waals surface area (Å²) in [6.07, 6.45) is 1.71. The zero-order valence-electron chi connectivity index (χ0n) is 12.5. The molecular formula is C14H21FN2O3S. The van der Waals surface area contributed by atoms with Crippen molar-refractivity contribution in [2.24, 2.45) is 0 Å². The summed E-state index contributed by atoms with van der Waals surface area (Å²) in [6, 6.07) is 1.16. The van der Waals surface area contributed by atoms with E-state index in [1.54, 1.807) is 6.92 Å². The molecular weight excluding hydrogens is 295 g/mol. The second-order valence-corrected chi connectivity index (χ2v) is 7.45. The molecule has 0 bridgehead atoms. The van der Waals surface area contributed by atoms with Gasteiger partial charge in [0.15, 0.2) is 0 Å². The molecule has 1 aromatic carbocycles. The van der Waals surface area contributed by atoms with Crippen molar-refractivity contribution in [2.45, 2.75) is 37.7 Å². The molecule has 1 aliphatic heterocycles. The zero-order valence-corrected chi connectivity index (χ0v) is 13.3. The third kappa shape index (κ3) is 3.04. The summed E-state index contributed by atoms with van der Waals surface area (Å²) in [6.45, 7) is 4.05. The van der Waals surface area contributed by atoms with Gasteiger partial charge in [0.1, 0.15) is 5.82 Å². The van der Waals surface area contributed by atoms with Gasteiger partial charge < -0.3 is 10.5 Å². The summed E-state index contributed by atoms with van der Waals surface area (Å²) in [5, 5.41) is 0. The summed E-state index contributed by atoms with van der Waals surface area (Å²) in [4.78, 5) is 0.0851. The SMILES string of the molecule is Cc1cc(F)c(N)c(C)c1S(=O)(=O)N(C)CC1CCCO1. The Labute approximate surface area is 124 Å². The van der Waals surface area contributed by atoms with Crippen LogP contribution in [0.2, 0.25) is 0 Å². The molecule has 21 heavy (non-hydrogen) atoms. The number of anilines is 1. The molecule has 0 spiro atoms. The first-order valence-electron chi connectivity index (χ1n) is 6.88. The fourth-order valence-corrected chi connectivity index (χ4v) is 4.29. The fourth-order valence-electron chi connectivity index (χ4n) is 2.66. The Morgan fingerprint density at radius 1 is 1.48 bits per heavy atom. The third-order valence-corrected chi connectivity index (χ3v) is 5.97. The van der Waals surface area contributed by atoms with Crippen LogP contribution < -0.4 is 5.73 Å². The van der Waals surface area contributed by atoms with E-state index >= 15 is 0 Å². The molecule has 1 atom stereocenters. The van der Waals surface area contributed by atoms with Crippen molar-refractivity contribution in [1.29, 1.82) is 0 Å². The van der Waals surface area contributed by atoms with Crippen molar-refractivity contribution >= 4 is 15.7 Å². The minimum absolute atomic E-state index is 0.0804. The molecule has 1 aromatic rings. The quantitative estimate of drug-likeness (QED) is 0.860. The van der Waals surface area contributed by atoms with Crippen LogP contribution in [0.5, 0.6) is 0 Å². The van der Waals surface area contributed by atoms with Gasteiger partial charge in [0.05, 0.1) is 16.7 Å². The maximum atomic E-state index is 13.6. The number of likely N-dealkylation sites (N-methyl/N-ethyl adjacent to an activating group) is 1. The van der Waals surface area contributed by atoms with Gasteiger partial charge in [-0.05, 0) is 43.9 Å². The lowest BCUT2D eigenvalue weighted by Gasteiger charge is -2.23. The highest BCUT2D eigenvalue weighted by molar-refractivity contribution is 7.89. The van der Waals surface area contributed by atoms with Crippen molar-refractivity contribution in [2.75, 3.05) is 25.9 Å². The molecule has 1 aliphatic rings. The topological polar surface area (TPSA) is 72.6 Å². The number of hydrogen-bond acceptors (Lipinski definition) is 4. The van der Waals surface area contributed by atoms with Gasteiger partial charge >= 0.3 is 0 Å². The summed E-state index contributed by atoms with van der Waals surface area (Å²) < 4.78 is 45.7. The second kappa shape index (κ2) is 5.90. The smallest absolute Gasteiger partial charge is 0.243 e. The van der Waals surface area contributed by atoms with Crippen LogP contribution in [0.3, 0.4) is 0 Å². The Hall–Kier alpha value is -1.18. The van der Waals surface area contributed by atoms with E-state index < -0.39 is 15.8 Å². The lowest BCUT2D eigenvalue weighted by atomic mass is 10.1. The standard InChI is InChI=1S/C14H21FN2O3S/c1-9-7-12(15)13(16)10(2)14(9)21(18,19)17(3)8-11-5-4-6-20-11/h7,11H,4-6,8,16H2,1-3H3. The lowest BCUT2D eigenvalue weighted by molar-refractivity contribution is 0.0978. The van der Waals surface area contributed by atoms with Gasteiger partial charge in [0.25, 0.3) is 0 Å². The second-order valence-electron chi connectivity index (χ2n) is 5.46. The van der Waals surface area contributed by atoms with Crippen LogP contribution in [0.15, 0.2) is 11.0 Å². The van der Waals surface area contributed by atoms with Crippen LogP contribution in [0.1, 0.15) is 24.0 Å². The van der Waals surface area contributed by atoms with Crippen molar-refractivity contribution < 1.29 is 17.5 Å². The average molecular weight is 316 g/mol. The summed E-state index contributed by atoms with van der Waals surface area (Å²) >= 11 is 0. The number of hydrogen-bond donors (Lipinski definition) is 1. The predicted molar refractivity (Wildman–Crippen MR) is 79.1 cm³/mol. The van der Waals surface area contributed by atoms with Crippen LogP contribution in [-0.2, 0) is 14.8 Å². The fraction of sp³-hybridized carbons (Fsp3) is 0.571. The molecule has 0 amide bonds. The molecule has 7 heteroatoms. The Balaban J connectivity index is 2.37. The van der Waals surface area contributed by atoms with E-state index in [9.17, 15) is 12.8 Å². The molecule has 118 valence electrons. The van der Waals surface area contributed by atoms with Gasteiger partial charge in [0, 0.05) is 20.2 Å². The van der Waals surface area contributed by atoms with Crippen LogP contribution in [0.4, 0.5) is 10.1 Å². The van der Waals surface area contributed by atoms with E-state index in [-0.39, 0.29) is 22.3 Å². The van der Waals surface area contributed by atoms with Crippen LogP contribution in [0, 0.1) is 19.7 Å². The number of benzene rings is 1. The normalized spacial score (nSPS) is 19.4. The number of halogens is 1. The highest BCUT2D eigenvalue weighted by Crippen LogP contribution is 2.30. The Bertz CT molecular complexity index is 640. The predicted octanol–water partition coefficient (Wildman–Crippen LogP) is 1.82. The molecule has 2 rings (SSSR count). The first kappa shape index (κ1) is 16.2. The molecule has 1 fully saturated rings. The molecule has 1 heterocycles. The molecule has 2 N–H and O–H groups in total. The number of rotatable bonds is 4. The van der Waals surface area contributed by atoms with Crippen LogP contribution >= 0.6 is 0 Å². The molecule has 0 aliphatic carbocycles. The first-order valence-corrected chi connectivity index (χ1v) is 8.32. The minimum atomic E-state index is -3.72. The highest BCUT2D eigenvalue weighted by Gasteiger charge is 2.29. The number of nitrogens with zero attached hydrogens (tertiary/aromatic N) is 1. The maximum Gasteiger partial charge on any atom is 0.243 e. The van der Waals surface area contributed by atoms with Crippen LogP contribution in [-0.4, -0.2) is 39.0 Å². The maximum absolute atomic E-state index is 13.6. The van der Waals surface area contributed by atoms with E-state index in [1.165, 1.54) is 18.3 Å². The number of sulfonamides is 1. The Kier molecular flexibility index (Phi) is 4.55. The van der Waals surface area contributed by atoms with Crippen molar-refractivity contribution in [3.63, 3.8) is 0 Å². The van der Waals surface area contributed by atoms with Gasteiger partial charge in [-0.1, -0.05) is 0 Å². The van der Waals surface area contributed by atoms with Gasteiger partial charge in [-0.15, -0.1) is 0 Å². The summed E-state index contributed by atoms with van der Waals surface area (Å²) in [5.74, 6) is -0.592. The zero-order chi connectivity index (χ0) is 15.8. The Morgan fingerprint density at radius 3 is 2.71 bits per heavy atom. The number of nitrogen functional groups attached to an aromatic ring is 1. The van der Waals surface area contributed by atoms with Crippen molar-refractivity contribution in [3.8, 4) is 0 Å². The van der Waals surface area contributed by atoms with Crippen LogP contribution in [0.25, 0.3) is 0 Å². The van der Waals surface area contributed by atoms with Gasteiger partial charge in [-0.25, -0.2) is 12.8 Å². The van der Waals surface area contributed by atoms with Gasteiger partial charge in [0.2, 0.25) is 10.0 Å². The number of aryl methyl sites for hydroxylation is 1. The lowest BCUT2D eigenvalue weighted by Crippen LogP contribution is -2.35. The van der Waals surface area contributed by atoms with Gasteiger partial charge in [-0.2, -0.15) is 4.31 Å². The summed E-state index contributed by atoms with van der Waals surface area (Å²) in [7, 11) is -2.21. The highest BCUT2D eigenvalue weighted by atomic mass is 32.2. The van der Waals surface area contributed by atoms with E-state index in [0.29, 0.717) is 18.7 Å². The average Bonchev–Trinajstić information content (AvgIpc) is 2.88. The van der Waals surface area contributed by atoms with E-state index in [2.05, 4.69) is 0 Å². The van der Waals surface area contributed by atoms with E-state index in [1.807, 2.05) is 0 Å². The van der Waals surface area contributed by atoms with Crippen molar-refractivity contribution in [1.82, 2.24) is 4.31 Å². The molecule has 0 radical (unpaired) electrons. The van der Waals surface area contributed by atoms with Gasteiger partial charge in [-0.3, -0.25) is 0 Å². The first-order chi connectivity index (χ1) is 9.75. The summed E-state index contributed by atoms with van der Waals surface area (Å²) in [5.41, 5.74) is 6.12. The monoisotopic (exact) mass is 316 g/mol. The molecule has 0 aromatic heterocycles. The molecule has 0 saturated carbocycles. The molecule has 5 nitrogen and oxygen atoms in total. The number of ether oxygens (including phenoxy) is 1. The third-order valence-electron chi connectivity index (χ3n) is 3.86. The molecule has 1 saturated heterocycles. The van der Waals surface area contributed by atoms with E-state index in [4.69, 9.17) is 10.5 Å². The van der Waals surface area contributed by atoms with E-state index in [0.717, 1.165) is 18.9 Å². The minimum Gasteiger partial charge on any atom is -0.396 e. The largest absolute Gasteiger partial charge is 0.396 e. The Morgan fingerprint density at radius 2 is 2.14 bits per heavy atom.